The Morgan fingerprint density at radius 3 is 2.53 bits per heavy atom. The topological polar surface area (TPSA) is 20.2 Å². The second-order valence-corrected chi connectivity index (χ2v) is 6.20. The van der Waals surface area contributed by atoms with Gasteiger partial charge in [-0.25, -0.2) is 0 Å². The van der Waals surface area contributed by atoms with Gasteiger partial charge in [0.15, 0.2) is 0 Å². The SMILES string of the molecule is CC(O)(Cc1ccc(Cl)cc1)/C1=C/CCCCCC1. The Morgan fingerprint density at radius 1 is 1.11 bits per heavy atom. The molecule has 0 spiro atoms. The van der Waals surface area contributed by atoms with Crippen molar-refractivity contribution < 1.29 is 5.11 Å². The van der Waals surface area contributed by atoms with Gasteiger partial charge in [-0.3, -0.25) is 0 Å². The van der Waals surface area contributed by atoms with E-state index in [1.807, 2.05) is 31.2 Å². The van der Waals surface area contributed by atoms with Crippen LogP contribution in [-0.2, 0) is 6.42 Å². The van der Waals surface area contributed by atoms with Crippen LogP contribution in [0.5, 0.6) is 0 Å². The van der Waals surface area contributed by atoms with E-state index in [-0.39, 0.29) is 0 Å². The molecule has 2 heteroatoms. The average molecular weight is 279 g/mol. The van der Waals surface area contributed by atoms with Crippen LogP contribution in [0, 0.1) is 0 Å². The van der Waals surface area contributed by atoms with Crippen LogP contribution in [0.2, 0.25) is 5.02 Å². The molecule has 0 aromatic heterocycles. The minimum Gasteiger partial charge on any atom is -0.385 e. The van der Waals surface area contributed by atoms with Gasteiger partial charge in [0, 0.05) is 11.4 Å². The van der Waals surface area contributed by atoms with Crippen molar-refractivity contribution in [1.82, 2.24) is 0 Å². The van der Waals surface area contributed by atoms with Crippen LogP contribution in [0.1, 0.15) is 51.0 Å². The van der Waals surface area contributed by atoms with Crippen LogP contribution in [-0.4, -0.2) is 10.7 Å². The highest BCUT2D eigenvalue weighted by atomic mass is 35.5. The molecule has 0 radical (unpaired) electrons. The molecular formula is C17H23ClO. The Hall–Kier alpha value is -0.790. The monoisotopic (exact) mass is 278 g/mol. The minimum atomic E-state index is -0.731. The van der Waals surface area contributed by atoms with Gasteiger partial charge in [-0.1, -0.05) is 42.7 Å². The van der Waals surface area contributed by atoms with Crippen molar-refractivity contribution in [3.05, 3.63) is 46.5 Å². The first-order valence-electron chi connectivity index (χ1n) is 7.24. The maximum Gasteiger partial charge on any atom is 0.0868 e. The number of halogens is 1. The minimum absolute atomic E-state index is 0.663. The highest BCUT2D eigenvalue weighted by Crippen LogP contribution is 2.29. The number of hydrogen-bond acceptors (Lipinski definition) is 1. The molecule has 2 rings (SSSR count). The molecule has 1 aliphatic carbocycles. The van der Waals surface area contributed by atoms with Gasteiger partial charge in [0.25, 0.3) is 0 Å². The van der Waals surface area contributed by atoms with Gasteiger partial charge in [0.05, 0.1) is 5.60 Å². The third-order valence-corrected chi connectivity index (χ3v) is 4.20. The van der Waals surface area contributed by atoms with Crippen LogP contribution in [0.15, 0.2) is 35.9 Å². The number of hydrogen-bond donors (Lipinski definition) is 1. The fraction of sp³-hybridized carbons (Fsp3) is 0.529. The second kappa shape index (κ2) is 6.58. The van der Waals surface area contributed by atoms with Gasteiger partial charge in [0.1, 0.15) is 0 Å². The third-order valence-electron chi connectivity index (χ3n) is 3.94. The van der Waals surface area contributed by atoms with Crippen LogP contribution >= 0.6 is 11.6 Å². The molecule has 0 heterocycles. The van der Waals surface area contributed by atoms with E-state index in [1.165, 1.54) is 31.3 Å². The van der Waals surface area contributed by atoms with Crippen molar-refractivity contribution in [3.63, 3.8) is 0 Å². The van der Waals surface area contributed by atoms with Crippen molar-refractivity contribution in [2.45, 2.75) is 57.5 Å². The maximum atomic E-state index is 10.8. The molecule has 0 amide bonds. The van der Waals surface area contributed by atoms with Gasteiger partial charge in [-0.15, -0.1) is 0 Å². The van der Waals surface area contributed by atoms with E-state index >= 15 is 0 Å². The van der Waals surface area contributed by atoms with Crippen LogP contribution in [0.4, 0.5) is 0 Å². The van der Waals surface area contributed by atoms with Crippen LogP contribution < -0.4 is 0 Å². The van der Waals surface area contributed by atoms with Gasteiger partial charge >= 0.3 is 0 Å². The lowest BCUT2D eigenvalue weighted by atomic mass is 9.84. The largest absolute Gasteiger partial charge is 0.385 e. The van der Waals surface area contributed by atoms with Gasteiger partial charge < -0.3 is 5.11 Å². The summed E-state index contributed by atoms with van der Waals surface area (Å²) < 4.78 is 0. The van der Waals surface area contributed by atoms with E-state index in [9.17, 15) is 5.11 Å². The first kappa shape index (κ1) is 14.6. The van der Waals surface area contributed by atoms with Crippen molar-refractivity contribution in [2.24, 2.45) is 0 Å². The molecule has 1 atom stereocenters. The molecule has 1 nitrogen and oxygen atoms in total. The van der Waals surface area contributed by atoms with E-state index in [2.05, 4.69) is 6.08 Å². The molecule has 104 valence electrons. The van der Waals surface area contributed by atoms with Crippen molar-refractivity contribution in [1.29, 1.82) is 0 Å². The predicted molar refractivity (Wildman–Crippen MR) is 81.6 cm³/mol. The maximum absolute atomic E-state index is 10.8. The van der Waals surface area contributed by atoms with Crippen LogP contribution in [0.25, 0.3) is 0 Å². The number of aliphatic hydroxyl groups is 1. The fourth-order valence-electron chi connectivity index (χ4n) is 2.79. The summed E-state index contributed by atoms with van der Waals surface area (Å²) in [6, 6.07) is 7.78. The summed E-state index contributed by atoms with van der Waals surface area (Å²) in [5.41, 5.74) is 1.62. The standard InChI is InChI=1S/C17H23ClO/c1-17(19,13-14-9-11-16(18)12-10-14)15-7-5-3-2-4-6-8-15/h7,9-12,19H,2-6,8,13H2,1H3/b15-7+. The summed E-state index contributed by atoms with van der Waals surface area (Å²) in [5.74, 6) is 0. The summed E-state index contributed by atoms with van der Waals surface area (Å²) in [5, 5.41) is 11.5. The third kappa shape index (κ3) is 4.36. The molecule has 1 aromatic carbocycles. The summed E-state index contributed by atoms with van der Waals surface area (Å²) in [6.07, 6.45) is 10.1. The summed E-state index contributed by atoms with van der Waals surface area (Å²) in [4.78, 5) is 0. The fourth-order valence-corrected chi connectivity index (χ4v) is 2.92. The van der Waals surface area contributed by atoms with Crippen molar-refractivity contribution in [3.8, 4) is 0 Å². The number of allylic oxidation sites excluding steroid dienone is 1. The lowest BCUT2D eigenvalue weighted by molar-refractivity contribution is 0.0940. The molecule has 0 fully saturated rings. The lowest BCUT2D eigenvalue weighted by Gasteiger charge is -2.28. The van der Waals surface area contributed by atoms with Crippen molar-refractivity contribution >= 4 is 11.6 Å². The predicted octanol–water partition coefficient (Wildman–Crippen LogP) is 4.91. The Bertz CT molecular complexity index is 431. The average Bonchev–Trinajstić information content (AvgIpc) is 2.31. The highest BCUT2D eigenvalue weighted by Gasteiger charge is 2.26. The molecular weight excluding hydrogens is 256 g/mol. The molecule has 0 bridgehead atoms. The normalized spacial score (nSPS) is 22.8. The molecule has 1 N–H and O–H groups in total. The number of rotatable bonds is 3. The Labute approximate surface area is 121 Å². The van der Waals surface area contributed by atoms with Crippen LogP contribution in [0.3, 0.4) is 0 Å². The van der Waals surface area contributed by atoms with Gasteiger partial charge in [-0.05, 0) is 55.9 Å². The molecule has 1 aromatic rings. The Balaban J connectivity index is 2.09. The quantitative estimate of drug-likeness (QED) is 0.779. The molecule has 19 heavy (non-hydrogen) atoms. The zero-order valence-electron chi connectivity index (χ0n) is 11.7. The Kier molecular flexibility index (Phi) is 5.06. The first-order chi connectivity index (χ1) is 9.08. The summed E-state index contributed by atoms with van der Waals surface area (Å²) in [7, 11) is 0. The van der Waals surface area contributed by atoms with Gasteiger partial charge in [-0.2, -0.15) is 0 Å². The summed E-state index contributed by atoms with van der Waals surface area (Å²) in [6.45, 7) is 1.94. The highest BCUT2D eigenvalue weighted by molar-refractivity contribution is 6.30. The van der Waals surface area contributed by atoms with E-state index in [0.717, 1.165) is 23.4 Å². The molecule has 1 aliphatic rings. The lowest BCUT2D eigenvalue weighted by Crippen LogP contribution is -2.30. The first-order valence-corrected chi connectivity index (χ1v) is 7.62. The summed E-state index contributed by atoms with van der Waals surface area (Å²) >= 11 is 5.90. The van der Waals surface area contributed by atoms with E-state index in [1.54, 1.807) is 0 Å². The van der Waals surface area contributed by atoms with E-state index in [4.69, 9.17) is 11.6 Å². The smallest absolute Gasteiger partial charge is 0.0868 e. The zero-order chi connectivity index (χ0) is 13.7. The second-order valence-electron chi connectivity index (χ2n) is 5.76. The molecule has 0 aliphatic heterocycles. The van der Waals surface area contributed by atoms with E-state index in [0.29, 0.717) is 6.42 Å². The molecule has 1 unspecified atom stereocenters. The Morgan fingerprint density at radius 2 is 1.79 bits per heavy atom. The van der Waals surface area contributed by atoms with Gasteiger partial charge in [0.2, 0.25) is 0 Å². The van der Waals surface area contributed by atoms with Crippen molar-refractivity contribution in [2.75, 3.05) is 0 Å². The molecule has 0 saturated heterocycles. The molecule has 0 saturated carbocycles. The zero-order valence-corrected chi connectivity index (χ0v) is 12.4. The number of benzene rings is 1. The van der Waals surface area contributed by atoms with E-state index < -0.39 is 5.60 Å².